The van der Waals surface area contributed by atoms with E-state index in [2.05, 4.69) is 9.97 Å². The lowest BCUT2D eigenvalue weighted by atomic mass is 10.1. The Bertz CT molecular complexity index is 1160. The third-order valence-corrected chi connectivity index (χ3v) is 4.94. The number of rotatable bonds is 2. The summed E-state index contributed by atoms with van der Waals surface area (Å²) in [5.74, 6) is -34.8. The smallest absolute Gasteiger partial charge is 0.256 e. The number of allylic oxidation sites excluding steroid dienone is 4. The molecule has 0 aliphatic heterocycles. The highest BCUT2D eigenvalue weighted by molar-refractivity contribution is 5.76. The molecule has 0 unspecified atom stereocenters. The average molecular weight is 524 g/mol. The van der Waals surface area contributed by atoms with Crippen molar-refractivity contribution in [3.05, 3.63) is 72.1 Å². The van der Waals surface area contributed by atoms with Gasteiger partial charge in [0, 0.05) is 18.5 Å². The second-order valence-electron chi connectivity index (χ2n) is 7.17. The van der Waals surface area contributed by atoms with Gasteiger partial charge in [0.25, 0.3) is 0 Å². The molecule has 4 rings (SSSR count). The summed E-state index contributed by atoms with van der Waals surface area (Å²) in [5, 5.41) is 0. The van der Waals surface area contributed by atoms with Gasteiger partial charge in [0.05, 0.1) is 22.5 Å². The van der Waals surface area contributed by atoms with Gasteiger partial charge >= 0.3 is 35.5 Å². The Kier molecular flexibility index (Phi) is 6.01. The van der Waals surface area contributed by atoms with Gasteiger partial charge in [-0.1, -0.05) is 12.1 Å². The Morgan fingerprint density at radius 1 is 0.543 bits per heavy atom. The highest BCUT2D eigenvalue weighted by Gasteiger charge is 2.81. The van der Waals surface area contributed by atoms with Crippen LogP contribution in [0.1, 0.15) is 11.4 Å². The van der Waals surface area contributed by atoms with E-state index in [1.165, 1.54) is 18.2 Å². The average Bonchev–Trinajstić information content (AvgIpc) is 2.96. The molecular formula is C20H9F13N2. The number of pyridine rings is 2. The number of halogens is 13. The SMILES string of the molecule is FC1(F)C=C(c2ccccn2)C(F)(F)C1(F)F.FC1=C(c2ccccn2)C(F)(F)C(F)(F)C1(F)F. The summed E-state index contributed by atoms with van der Waals surface area (Å²) in [5.41, 5.74) is -5.06. The first-order chi connectivity index (χ1) is 15.8. The highest BCUT2D eigenvalue weighted by Crippen LogP contribution is 2.62. The first-order valence-corrected chi connectivity index (χ1v) is 9.08. The van der Waals surface area contributed by atoms with Crippen LogP contribution in [-0.2, 0) is 0 Å². The van der Waals surface area contributed by atoms with E-state index in [0.717, 1.165) is 30.6 Å². The predicted octanol–water partition coefficient (Wildman–Crippen LogP) is 7.07. The molecule has 2 aromatic heterocycles. The number of hydrogen-bond acceptors (Lipinski definition) is 2. The van der Waals surface area contributed by atoms with Crippen LogP contribution in [0, 0.1) is 0 Å². The van der Waals surface area contributed by atoms with Crippen molar-refractivity contribution in [2.45, 2.75) is 35.5 Å². The van der Waals surface area contributed by atoms with Crippen molar-refractivity contribution in [1.82, 2.24) is 9.97 Å². The van der Waals surface area contributed by atoms with Crippen LogP contribution >= 0.6 is 0 Å². The van der Waals surface area contributed by atoms with Crippen LogP contribution in [0.5, 0.6) is 0 Å². The van der Waals surface area contributed by atoms with Crippen molar-refractivity contribution in [1.29, 1.82) is 0 Å². The first kappa shape index (κ1) is 26.5. The maximum atomic E-state index is 13.3. The predicted molar refractivity (Wildman–Crippen MR) is 94.2 cm³/mol. The van der Waals surface area contributed by atoms with Gasteiger partial charge in [0.15, 0.2) is 5.83 Å². The maximum Gasteiger partial charge on any atom is 0.383 e. The lowest BCUT2D eigenvalue weighted by Crippen LogP contribution is -2.48. The molecule has 35 heavy (non-hydrogen) atoms. The quantitative estimate of drug-likeness (QED) is 0.393. The van der Waals surface area contributed by atoms with Gasteiger partial charge in [0.1, 0.15) is 0 Å². The third-order valence-electron chi connectivity index (χ3n) is 4.94. The number of hydrogen-bond donors (Lipinski definition) is 0. The van der Waals surface area contributed by atoms with E-state index in [4.69, 9.17) is 0 Å². The largest absolute Gasteiger partial charge is 0.383 e. The molecular weight excluding hydrogens is 515 g/mol. The molecule has 0 aromatic carbocycles. The van der Waals surface area contributed by atoms with Crippen LogP contribution in [0.25, 0.3) is 11.1 Å². The van der Waals surface area contributed by atoms with E-state index in [1.54, 1.807) is 0 Å². The molecule has 0 fully saturated rings. The zero-order valence-electron chi connectivity index (χ0n) is 16.5. The third kappa shape index (κ3) is 3.66. The fourth-order valence-electron chi connectivity index (χ4n) is 3.07. The van der Waals surface area contributed by atoms with Gasteiger partial charge in [-0.05, 0) is 24.3 Å². The Hall–Kier alpha value is -3.13. The molecule has 0 radical (unpaired) electrons. The fourth-order valence-corrected chi connectivity index (χ4v) is 3.07. The summed E-state index contributed by atoms with van der Waals surface area (Å²) in [4.78, 5) is 6.57. The van der Waals surface area contributed by atoms with E-state index in [9.17, 15) is 57.1 Å². The van der Waals surface area contributed by atoms with Crippen LogP contribution in [0.2, 0.25) is 0 Å². The molecule has 2 heterocycles. The summed E-state index contributed by atoms with van der Waals surface area (Å²) in [6.45, 7) is 0. The monoisotopic (exact) mass is 524 g/mol. The van der Waals surface area contributed by atoms with Crippen molar-refractivity contribution in [3.63, 3.8) is 0 Å². The lowest BCUT2D eigenvalue weighted by molar-refractivity contribution is -0.263. The van der Waals surface area contributed by atoms with Gasteiger partial charge in [-0.25, -0.2) is 4.39 Å². The van der Waals surface area contributed by atoms with E-state index >= 15 is 0 Å². The van der Waals surface area contributed by atoms with Crippen LogP contribution < -0.4 is 0 Å². The molecule has 0 atom stereocenters. The molecule has 2 nitrogen and oxygen atoms in total. The molecule has 0 N–H and O–H groups in total. The summed E-state index contributed by atoms with van der Waals surface area (Å²) < 4.78 is 169. The molecule has 2 aliphatic rings. The van der Waals surface area contributed by atoms with Crippen molar-refractivity contribution in [2.75, 3.05) is 0 Å². The Labute approximate surface area is 186 Å². The van der Waals surface area contributed by atoms with E-state index in [1.807, 2.05) is 0 Å². The fraction of sp³-hybridized carbons (Fsp3) is 0.300. The molecule has 0 amide bonds. The Balaban J connectivity index is 0.000000196. The molecule has 0 bridgehead atoms. The number of aromatic nitrogens is 2. The Morgan fingerprint density at radius 3 is 1.37 bits per heavy atom. The van der Waals surface area contributed by atoms with Crippen molar-refractivity contribution in [2.24, 2.45) is 0 Å². The summed E-state index contributed by atoms with van der Waals surface area (Å²) in [7, 11) is 0. The zero-order valence-corrected chi connectivity index (χ0v) is 16.5. The summed E-state index contributed by atoms with van der Waals surface area (Å²) >= 11 is 0. The van der Waals surface area contributed by atoms with Crippen LogP contribution in [-0.4, -0.2) is 45.5 Å². The minimum Gasteiger partial charge on any atom is -0.256 e. The van der Waals surface area contributed by atoms with Crippen molar-refractivity contribution in [3.8, 4) is 0 Å². The molecule has 190 valence electrons. The van der Waals surface area contributed by atoms with Crippen LogP contribution in [0.3, 0.4) is 0 Å². The van der Waals surface area contributed by atoms with Crippen LogP contribution in [0.4, 0.5) is 57.1 Å². The van der Waals surface area contributed by atoms with Gasteiger partial charge in [-0.2, -0.15) is 52.7 Å². The topological polar surface area (TPSA) is 25.8 Å². The zero-order chi connectivity index (χ0) is 26.7. The van der Waals surface area contributed by atoms with E-state index in [-0.39, 0.29) is 0 Å². The number of nitrogens with zero attached hydrogens (tertiary/aromatic N) is 2. The van der Waals surface area contributed by atoms with Crippen LogP contribution in [0.15, 0.2) is 60.7 Å². The van der Waals surface area contributed by atoms with Crippen molar-refractivity contribution < 1.29 is 57.1 Å². The first-order valence-electron chi connectivity index (χ1n) is 9.08. The summed E-state index contributed by atoms with van der Waals surface area (Å²) in [6, 6.07) is 6.65. The van der Waals surface area contributed by atoms with E-state index in [0.29, 0.717) is 0 Å². The molecule has 2 aromatic rings. The number of alkyl halides is 12. The second kappa shape index (κ2) is 7.95. The van der Waals surface area contributed by atoms with Crippen molar-refractivity contribution >= 4 is 11.1 Å². The molecule has 15 heteroatoms. The minimum atomic E-state index is -5.82. The van der Waals surface area contributed by atoms with Gasteiger partial charge in [-0.3, -0.25) is 9.97 Å². The summed E-state index contributed by atoms with van der Waals surface area (Å²) in [6.07, 6.45) is 1.54. The molecule has 0 spiro atoms. The minimum absolute atomic E-state index is 0.421. The van der Waals surface area contributed by atoms with Gasteiger partial charge < -0.3 is 0 Å². The standard InChI is InChI=1S/C10H4F7N.C10H5F6N/c11-7-6(5-3-1-2-4-18-5)8(12,13)10(16,17)9(7,14)15;11-8(12)5-6(7-3-1-2-4-17-7)9(13,14)10(8,15)16/h1-4H;1-5H. The molecule has 2 aliphatic carbocycles. The highest BCUT2D eigenvalue weighted by atomic mass is 19.4. The molecule has 0 saturated carbocycles. The van der Waals surface area contributed by atoms with E-state index < -0.39 is 70.0 Å². The molecule has 0 saturated heterocycles. The van der Waals surface area contributed by atoms with Gasteiger partial charge in [-0.15, -0.1) is 0 Å². The second-order valence-corrected chi connectivity index (χ2v) is 7.17. The normalized spacial score (nSPS) is 24.4. The Morgan fingerprint density at radius 2 is 1.03 bits per heavy atom. The van der Waals surface area contributed by atoms with Gasteiger partial charge in [0.2, 0.25) is 0 Å². The lowest BCUT2D eigenvalue weighted by Gasteiger charge is -2.24. The maximum absolute atomic E-state index is 13.3.